The van der Waals surface area contributed by atoms with E-state index in [0.29, 0.717) is 24.2 Å². The summed E-state index contributed by atoms with van der Waals surface area (Å²) in [6, 6.07) is 2.67. The van der Waals surface area contributed by atoms with Crippen LogP contribution in [0.1, 0.15) is 128 Å². The van der Waals surface area contributed by atoms with Gasteiger partial charge in [0.05, 0.1) is 0 Å². The Morgan fingerprint density at radius 3 is 0.758 bits per heavy atom. The summed E-state index contributed by atoms with van der Waals surface area (Å²) in [7, 11) is 0. The summed E-state index contributed by atoms with van der Waals surface area (Å²) < 4.78 is 1.47. The molecule has 0 atom stereocenters. The molecule has 4 aliphatic rings. The van der Waals surface area contributed by atoms with Crippen LogP contribution in [-0.4, -0.2) is 42.6 Å². The summed E-state index contributed by atoms with van der Waals surface area (Å²) in [6.07, 6.45) is 27.0. The summed E-state index contributed by atoms with van der Waals surface area (Å²) in [6.45, 7) is 0. The molecule has 4 fully saturated rings. The fourth-order valence-electron chi connectivity index (χ4n) is 6.63. The SMILES string of the molecule is S=C([S-])N(C1CCCCC1)C1CCCCC1.S=C([S-])N(C1CCCCC1)C1CCCCC1.[Zn+2]. The van der Waals surface area contributed by atoms with Gasteiger partial charge >= 0.3 is 19.5 Å². The van der Waals surface area contributed by atoms with Crippen molar-refractivity contribution in [2.24, 2.45) is 0 Å². The van der Waals surface area contributed by atoms with Crippen LogP contribution < -0.4 is 0 Å². The normalized spacial score (nSPS) is 23.5. The topological polar surface area (TPSA) is 6.48 Å². The fraction of sp³-hybridized carbons (Fsp3) is 0.923. The van der Waals surface area contributed by atoms with Gasteiger partial charge in [-0.15, -0.1) is 0 Å². The molecule has 0 amide bonds. The molecule has 0 saturated heterocycles. The maximum atomic E-state index is 5.32. The Bertz CT molecular complexity index is 481. The van der Waals surface area contributed by atoms with Crippen LogP contribution in [0.3, 0.4) is 0 Å². The number of rotatable bonds is 4. The van der Waals surface area contributed by atoms with Crippen molar-refractivity contribution in [3.05, 3.63) is 0 Å². The second-order valence-corrected chi connectivity index (χ2v) is 12.6. The fourth-order valence-corrected chi connectivity index (χ4v) is 7.82. The molecule has 4 rings (SSSR count). The molecule has 0 N–H and O–H groups in total. The standard InChI is InChI=1S/2C13H23NS2.Zn/c2*15-13(16)14(11-7-3-1-4-8-11)12-9-5-2-6-10-12;/h2*11-12H,1-10H2,(H,15,16);/q;;+2/p-2. The Hall–Kier alpha value is 0.843. The third-order valence-electron chi connectivity index (χ3n) is 8.29. The Labute approximate surface area is 238 Å². The number of nitrogens with zero attached hydrogens (tertiary/aromatic N) is 2. The quantitative estimate of drug-likeness (QED) is 0.192. The molecule has 0 aliphatic heterocycles. The van der Waals surface area contributed by atoms with Gasteiger partial charge in [0.25, 0.3) is 0 Å². The van der Waals surface area contributed by atoms with Gasteiger partial charge in [-0.1, -0.05) is 85.7 Å². The summed E-state index contributed by atoms with van der Waals surface area (Å²) in [5.74, 6) is 0. The van der Waals surface area contributed by atoms with Gasteiger partial charge in [0.1, 0.15) is 0 Å². The van der Waals surface area contributed by atoms with Crippen LogP contribution in [0, 0.1) is 0 Å². The van der Waals surface area contributed by atoms with E-state index in [1.54, 1.807) is 0 Å². The van der Waals surface area contributed by atoms with Crippen molar-refractivity contribution < 1.29 is 19.5 Å². The van der Waals surface area contributed by atoms with Gasteiger partial charge in [-0.05, 0) is 51.4 Å². The van der Waals surface area contributed by atoms with Crippen LogP contribution >= 0.6 is 24.4 Å². The van der Waals surface area contributed by atoms with Crippen LogP contribution in [0.15, 0.2) is 0 Å². The van der Waals surface area contributed by atoms with Gasteiger partial charge in [-0.2, -0.15) is 0 Å². The maximum Gasteiger partial charge on any atom is 2.00 e. The van der Waals surface area contributed by atoms with E-state index in [4.69, 9.17) is 49.7 Å². The van der Waals surface area contributed by atoms with Crippen LogP contribution in [0.4, 0.5) is 0 Å². The van der Waals surface area contributed by atoms with Crippen LogP contribution in [0.2, 0.25) is 0 Å². The van der Waals surface area contributed by atoms with Crippen LogP contribution in [0.5, 0.6) is 0 Å². The van der Waals surface area contributed by atoms with Gasteiger partial charge in [0.15, 0.2) is 0 Å². The number of hydrogen-bond donors (Lipinski definition) is 0. The Balaban J connectivity index is 0.000000227. The number of hydrogen-bond acceptors (Lipinski definition) is 4. The van der Waals surface area contributed by atoms with Crippen molar-refractivity contribution in [2.45, 2.75) is 153 Å². The summed E-state index contributed by atoms with van der Waals surface area (Å²) >= 11 is 21.3. The summed E-state index contributed by atoms with van der Waals surface area (Å²) in [4.78, 5) is 4.87. The first-order valence-corrected chi connectivity index (χ1v) is 15.2. The average molecular weight is 578 g/mol. The molecule has 0 spiro atoms. The van der Waals surface area contributed by atoms with E-state index in [9.17, 15) is 0 Å². The predicted molar refractivity (Wildman–Crippen MR) is 151 cm³/mol. The Kier molecular flexibility index (Phi) is 15.1. The first-order chi connectivity index (χ1) is 15.6. The molecule has 4 aliphatic carbocycles. The molecular weight excluding hydrogens is 534 g/mol. The van der Waals surface area contributed by atoms with Crippen molar-refractivity contribution in [3.63, 3.8) is 0 Å². The molecule has 0 aromatic carbocycles. The molecule has 0 aromatic heterocycles. The molecule has 0 heterocycles. The molecule has 7 heteroatoms. The third kappa shape index (κ3) is 9.67. The molecule has 0 bridgehead atoms. The van der Waals surface area contributed by atoms with Crippen molar-refractivity contribution in [1.29, 1.82) is 0 Å². The minimum absolute atomic E-state index is 0. The van der Waals surface area contributed by atoms with Gasteiger partial charge in [0.2, 0.25) is 0 Å². The van der Waals surface area contributed by atoms with E-state index in [1.807, 2.05) is 0 Å². The van der Waals surface area contributed by atoms with Gasteiger partial charge in [0, 0.05) is 24.2 Å². The van der Waals surface area contributed by atoms with Crippen LogP contribution in [0.25, 0.3) is 0 Å². The minimum atomic E-state index is 0. The molecule has 33 heavy (non-hydrogen) atoms. The van der Waals surface area contributed by atoms with E-state index in [1.165, 1.54) is 128 Å². The summed E-state index contributed by atoms with van der Waals surface area (Å²) in [5, 5.41) is 0. The molecule has 0 aromatic rings. The second-order valence-electron chi connectivity index (χ2n) is 10.5. The maximum absolute atomic E-state index is 5.32. The zero-order valence-electron chi connectivity index (χ0n) is 20.7. The zero-order valence-corrected chi connectivity index (χ0v) is 26.9. The first kappa shape index (κ1) is 30.1. The van der Waals surface area contributed by atoms with Gasteiger partial charge in [-0.25, -0.2) is 0 Å². The van der Waals surface area contributed by atoms with Crippen molar-refractivity contribution in [1.82, 2.24) is 9.80 Å². The third-order valence-corrected chi connectivity index (χ3v) is 9.14. The molecule has 4 saturated carbocycles. The second kappa shape index (κ2) is 16.6. The molecule has 184 valence electrons. The first-order valence-electron chi connectivity index (χ1n) is 13.6. The predicted octanol–water partition coefficient (Wildman–Crippen LogP) is 7.57. The molecule has 0 radical (unpaired) electrons. The molecule has 0 unspecified atom stereocenters. The van der Waals surface area contributed by atoms with E-state index in [-0.39, 0.29) is 19.5 Å². The Morgan fingerprint density at radius 2 is 0.606 bits per heavy atom. The van der Waals surface area contributed by atoms with Crippen molar-refractivity contribution in [3.8, 4) is 0 Å². The van der Waals surface area contributed by atoms with E-state index >= 15 is 0 Å². The largest absolute Gasteiger partial charge is 2.00 e. The van der Waals surface area contributed by atoms with Crippen LogP contribution in [-0.2, 0) is 44.7 Å². The van der Waals surface area contributed by atoms with Gasteiger partial charge in [-0.3, -0.25) is 0 Å². The van der Waals surface area contributed by atoms with Crippen molar-refractivity contribution >= 4 is 58.3 Å². The van der Waals surface area contributed by atoms with E-state index < -0.39 is 0 Å². The average Bonchev–Trinajstić information content (AvgIpc) is 2.82. The monoisotopic (exact) mass is 576 g/mol. The molecule has 2 nitrogen and oxygen atoms in total. The molecular formula is C26H44N2S4Zn. The van der Waals surface area contributed by atoms with E-state index in [0.717, 1.165) is 8.64 Å². The van der Waals surface area contributed by atoms with E-state index in [2.05, 4.69) is 9.80 Å². The minimum Gasteiger partial charge on any atom is -0.411 e. The smallest absolute Gasteiger partial charge is 0.411 e. The summed E-state index contributed by atoms with van der Waals surface area (Å²) in [5.41, 5.74) is 0. The zero-order chi connectivity index (χ0) is 22.8. The van der Waals surface area contributed by atoms with Gasteiger partial charge < -0.3 is 59.5 Å². The number of thiocarbonyl (C=S) groups is 2. The Morgan fingerprint density at radius 1 is 0.424 bits per heavy atom. The van der Waals surface area contributed by atoms with Crippen molar-refractivity contribution in [2.75, 3.05) is 0 Å².